The van der Waals surface area contributed by atoms with Gasteiger partial charge in [0.2, 0.25) is 0 Å². The Hall–Kier alpha value is 0.480. The highest BCUT2D eigenvalue weighted by molar-refractivity contribution is 9.10. The third-order valence-electron chi connectivity index (χ3n) is 1.30. The topological polar surface area (TPSA) is 0 Å². The molecule has 0 aliphatic carbocycles. The highest BCUT2D eigenvalue weighted by atomic mass is 79.9. The molecule has 0 aromatic rings. The van der Waals surface area contributed by atoms with Gasteiger partial charge in [0.25, 0.3) is 0 Å². The van der Waals surface area contributed by atoms with Gasteiger partial charge in [-0.1, -0.05) is 42.1 Å². The highest BCUT2D eigenvalue weighted by Gasteiger charge is 2.10. The zero-order chi connectivity index (χ0) is 7.33. The lowest BCUT2D eigenvalue weighted by Crippen LogP contribution is -2.08. The van der Waals surface area contributed by atoms with Gasteiger partial charge < -0.3 is 0 Å². The Morgan fingerprint density at radius 2 is 2.00 bits per heavy atom. The van der Waals surface area contributed by atoms with Gasteiger partial charge in [-0.3, -0.25) is 0 Å². The van der Waals surface area contributed by atoms with Gasteiger partial charge in [-0.25, -0.2) is 0 Å². The molecule has 0 spiro atoms. The fraction of sp³-hybridized carbons (Fsp3) is 0.875. The van der Waals surface area contributed by atoms with Crippen LogP contribution in [0.25, 0.3) is 0 Å². The molecule has 0 heterocycles. The van der Waals surface area contributed by atoms with Crippen molar-refractivity contribution in [2.24, 2.45) is 0 Å². The monoisotopic (exact) mass is 191 g/mol. The molecule has 1 radical (unpaired) electrons. The molecule has 0 N–H and O–H groups in total. The van der Waals surface area contributed by atoms with Gasteiger partial charge >= 0.3 is 0 Å². The van der Waals surface area contributed by atoms with Gasteiger partial charge in [-0.05, 0) is 20.3 Å². The maximum atomic E-state index is 3.96. The largest absolute Gasteiger partial charge is 0.0856 e. The maximum Gasteiger partial charge on any atom is 0.0230 e. The Morgan fingerprint density at radius 3 is 2.33 bits per heavy atom. The van der Waals surface area contributed by atoms with Gasteiger partial charge in [0, 0.05) is 4.32 Å². The second-order valence-electron chi connectivity index (χ2n) is 2.87. The van der Waals surface area contributed by atoms with Gasteiger partial charge in [0.1, 0.15) is 0 Å². The molecule has 1 heteroatoms. The normalized spacial score (nSPS) is 12.0. The zero-order valence-electron chi connectivity index (χ0n) is 6.41. The summed E-state index contributed by atoms with van der Waals surface area (Å²) in [6.45, 7) is 8.29. The maximum absolute atomic E-state index is 3.96. The first kappa shape index (κ1) is 9.48. The highest BCUT2D eigenvalue weighted by Crippen LogP contribution is 2.22. The molecule has 0 aromatic heterocycles. The van der Waals surface area contributed by atoms with Crippen LogP contribution in [0.4, 0.5) is 0 Å². The molecule has 0 amide bonds. The van der Waals surface area contributed by atoms with Gasteiger partial charge in [0.15, 0.2) is 0 Å². The summed E-state index contributed by atoms with van der Waals surface area (Å²) in [5.74, 6) is 0. The smallest absolute Gasteiger partial charge is 0.0230 e. The summed E-state index contributed by atoms with van der Waals surface area (Å²) in [5, 5.41) is 0. The van der Waals surface area contributed by atoms with Crippen molar-refractivity contribution in [1.29, 1.82) is 0 Å². The summed E-state index contributed by atoms with van der Waals surface area (Å²) in [4.78, 5) is 0. The fourth-order valence-corrected chi connectivity index (χ4v) is 1.02. The van der Waals surface area contributed by atoms with E-state index in [1.807, 2.05) is 0 Å². The second-order valence-corrected chi connectivity index (χ2v) is 4.78. The van der Waals surface area contributed by atoms with Crippen molar-refractivity contribution in [2.75, 3.05) is 0 Å². The van der Waals surface area contributed by atoms with Gasteiger partial charge in [-0.2, -0.15) is 0 Å². The van der Waals surface area contributed by atoms with Gasteiger partial charge in [-0.15, -0.1) is 0 Å². The number of hydrogen-bond acceptors (Lipinski definition) is 0. The van der Waals surface area contributed by atoms with Crippen LogP contribution in [0.2, 0.25) is 0 Å². The Balaban J connectivity index is 3.07. The molecular formula is C8H16Br. The summed E-state index contributed by atoms with van der Waals surface area (Å²) in [6, 6.07) is 0. The van der Waals surface area contributed by atoms with E-state index >= 15 is 0 Å². The Labute approximate surface area is 67.2 Å². The Kier molecular flexibility index (Phi) is 4.55. The molecule has 1 atom stereocenters. The van der Waals surface area contributed by atoms with E-state index in [-0.39, 0.29) is 4.32 Å². The quantitative estimate of drug-likeness (QED) is 0.472. The van der Waals surface area contributed by atoms with Crippen LogP contribution in [0.15, 0.2) is 0 Å². The Morgan fingerprint density at radius 1 is 1.44 bits per heavy atom. The lowest BCUT2D eigenvalue weighted by Gasteiger charge is -2.14. The van der Waals surface area contributed by atoms with E-state index in [4.69, 9.17) is 0 Å². The third kappa shape index (κ3) is 8.48. The van der Waals surface area contributed by atoms with E-state index in [1.54, 1.807) is 0 Å². The predicted molar refractivity (Wildman–Crippen MR) is 46.8 cm³/mol. The first-order chi connectivity index (χ1) is 4.06. The molecule has 0 aromatic carbocycles. The minimum Gasteiger partial charge on any atom is -0.0856 e. The lowest BCUT2D eigenvalue weighted by atomic mass is 10.1. The molecule has 0 fully saturated rings. The third-order valence-corrected chi connectivity index (χ3v) is 1.70. The van der Waals surface area contributed by atoms with Crippen LogP contribution in [0.1, 0.15) is 39.5 Å². The molecule has 55 valence electrons. The van der Waals surface area contributed by atoms with Crippen LogP contribution in [-0.4, -0.2) is 4.32 Å². The number of halogens is 1. The molecule has 1 unspecified atom stereocenters. The number of alkyl halides is 1. The van der Waals surface area contributed by atoms with Crippen LogP contribution >= 0.6 is 15.9 Å². The van der Waals surface area contributed by atoms with E-state index in [9.17, 15) is 0 Å². The van der Waals surface area contributed by atoms with E-state index < -0.39 is 0 Å². The standard InChI is InChI=1S/C8H16Br/c1-4-5-6-7-8(2,3)9/h2,4-7H2,1,3H3. The fourth-order valence-electron chi connectivity index (χ4n) is 0.744. The zero-order valence-corrected chi connectivity index (χ0v) is 8.00. The average Bonchev–Trinajstić information content (AvgIpc) is 1.63. The molecule has 0 aliphatic heterocycles. The molecule has 0 nitrogen and oxygen atoms in total. The van der Waals surface area contributed by atoms with E-state index in [0.717, 1.165) is 0 Å². The predicted octanol–water partition coefficient (Wildman–Crippen LogP) is 3.55. The molecule has 0 aliphatic rings. The van der Waals surface area contributed by atoms with E-state index in [1.165, 1.54) is 25.7 Å². The molecule has 0 bridgehead atoms. The summed E-state index contributed by atoms with van der Waals surface area (Å²) < 4.78 is 0.113. The van der Waals surface area contributed by atoms with Crippen LogP contribution in [0, 0.1) is 6.92 Å². The molecule has 0 saturated heterocycles. The van der Waals surface area contributed by atoms with Crippen molar-refractivity contribution in [3.05, 3.63) is 6.92 Å². The summed E-state index contributed by atoms with van der Waals surface area (Å²) in [5.41, 5.74) is 0. The summed E-state index contributed by atoms with van der Waals surface area (Å²) in [7, 11) is 0. The van der Waals surface area contributed by atoms with Crippen molar-refractivity contribution < 1.29 is 0 Å². The van der Waals surface area contributed by atoms with Crippen molar-refractivity contribution in [1.82, 2.24) is 0 Å². The minimum atomic E-state index is 0.113. The van der Waals surface area contributed by atoms with E-state index in [2.05, 4.69) is 36.7 Å². The SMILES string of the molecule is [CH2]C(C)(Br)CCCCC. The van der Waals surface area contributed by atoms with Crippen LogP contribution < -0.4 is 0 Å². The minimum absolute atomic E-state index is 0.113. The summed E-state index contributed by atoms with van der Waals surface area (Å²) >= 11 is 3.50. The van der Waals surface area contributed by atoms with Crippen LogP contribution in [-0.2, 0) is 0 Å². The second kappa shape index (κ2) is 4.32. The van der Waals surface area contributed by atoms with E-state index in [0.29, 0.717) is 0 Å². The summed E-state index contributed by atoms with van der Waals surface area (Å²) in [6.07, 6.45) is 5.10. The molecule has 0 rings (SSSR count). The number of unbranched alkanes of at least 4 members (excludes halogenated alkanes) is 2. The number of rotatable bonds is 4. The van der Waals surface area contributed by atoms with Crippen molar-refractivity contribution in [3.63, 3.8) is 0 Å². The number of hydrogen-bond donors (Lipinski definition) is 0. The molecule has 0 saturated carbocycles. The average molecular weight is 192 g/mol. The van der Waals surface area contributed by atoms with Gasteiger partial charge in [0.05, 0.1) is 0 Å². The van der Waals surface area contributed by atoms with Crippen molar-refractivity contribution in [2.45, 2.75) is 43.9 Å². The lowest BCUT2D eigenvalue weighted by molar-refractivity contribution is 0.613. The van der Waals surface area contributed by atoms with Crippen molar-refractivity contribution in [3.8, 4) is 0 Å². The van der Waals surface area contributed by atoms with Crippen molar-refractivity contribution >= 4 is 15.9 Å². The first-order valence-corrected chi connectivity index (χ1v) is 4.40. The van der Waals surface area contributed by atoms with Crippen LogP contribution in [0.3, 0.4) is 0 Å². The molecular weight excluding hydrogens is 176 g/mol. The first-order valence-electron chi connectivity index (χ1n) is 3.60. The van der Waals surface area contributed by atoms with Crippen LogP contribution in [0.5, 0.6) is 0 Å². The molecule has 9 heavy (non-hydrogen) atoms. The Bertz CT molecular complexity index is 61.5.